The summed E-state index contributed by atoms with van der Waals surface area (Å²) in [5, 5.41) is 3.98. The molecular formula is C13H30Br2N6. The van der Waals surface area contributed by atoms with Crippen LogP contribution >= 0.6 is 0 Å². The van der Waals surface area contributed by atoms with Gasteiger partial charge in [0.25, 0.3) is 0 Å². The van der Waals surface area contributed by atoms with Crippen LogP contribution in [0.1, 0.15) is 6.42 Å². The maximum Gasteiger partial charge on any atom is 0.129 e. The zero-order valence-electron chi connectivity index (χ0n) is 12.9. The highest BCUT2D eigenvalue weighted by atomic mass is 79.9. The second kappa shape index (κ2) is 8.01. The molecule has 6 nitrogen and oxygen atoms in total. The molecule has 3 fully saturated rings. The van der Waals surface area contributed by atoms with Crippen molar-refractivity contribution in [3.63, 3.8) is 0 Å². The molecule has 3 aliphatic rings. The van der Waals surface area contributed by atoms with Gasteiger partial charge in [-0.2, -0.15) is 0 Å². The summed E-state index contributed by atoms with van der Waals surface area (Å²) in [6, 6.07) is 0. The number of nitrogens with zero attached hydrogens (tertiary/aromatic N) is 4. The largest absolute Gasteiger partial charge is 1.00 e. The summed E-state index contributed by atoms with van der Waals surface area (Å²) in [5.41, 5.74) is 0. The van der Waals surface area contributed by atoms with Crippen LogP contribution in [0.5, 0.6) is 0 Å². The molecule has 0 aliphatic carbocycles. The Morgan fingerprint density at radius 2 is 0.857 bits per heavy atom. The summed E-state index contributed by atoms with van der Waals surface area (Å²) in [5.74, 6) is 11.8. The third kappa shape index (κ3) is 4.60. The molecule has 126 valence electrons. The molecule has 0 bridgehead atoms. The second-order valence-corrected chi connectivity index (χ2v) is 6.90. The Labute approximate surface area is 149 Å². The highest BCUT2D eigenvalue weighted by Crippen LogP contribution is 2.22. The van der Waals surface area contributed by atoms with Gasteiger partial charge in [-0.3, -0.25) is 11.7 Å². The van der Waals surface area contributed by atoms with Gasteiger partial charge < -0.3 is 42.9 Å². The molecule has 3 rings (SSSR count). The van der Waals surface area contributed by atoms with Crippen LogP contribution in [0.15, 0.2) is 0 Å². The van der Waals surface area contributed by atoms with Gasteiger partial charge >= 0.3 is 0 Å². The number of hydrogen-bond donors (Lipinski definition) is 2. The summed E-state index contributed by atoms with van der Waals surface area (Å²) >= 11 is 0. The highest BCUT2D eigenvalue weighted by molar-refractivity contribution is 4.65. The lowest BCUT2D eigenvalue weighted by molar-refractivity contribution is -0.967. The van der Waals surface area contributed by atoms with Gasteiger partial charge in [-0.15, -0.1) is 0 Å². The molecular weight excluding hydrogens is 400 g/mol. The first-order valence-corrected chi connectivity index (χ1v) is 7.81. The van der Waals surface area contributed by atoms with E-state index >= 15 is 0 Å². The Morgan fingerprint density at radius 1 is 0.524 bits per heavy atom. The predicted molar refractivity (Wildman–Crippen MR) is 75.6 cm³/mol. The second-order valence-electron chi connectivity index (χ2n) is 6.90. The predicted octanol–water partition coefficient (Wildman–Crippen LogP) is -7.59. The summed E-state index contributed by atoms with van der Waals surface area (Å²) in [7, 11) is 0. The number of rotatable bonds is 0. The van der Waals surface area contributed by atoms with E-state index in [4.69, 9.17) is 11.7 Å². The van der Waals surface area contributed by atoms with E-state index < -0.39 is 0 Å². The molecule has 0 unspecified atom stereocenters. The summed E-state index contributed by atoms with van der Waals surface area (Å²) in [6.07, 6.45) is 1.37. The van der Waals surface area contributed by atoms with Crippen molar-refractivity contribution in [1.29, 1.82) is 0 Å². The molecule has 3 aliphatic heterocycles. The molecule has 0 aromatic carbocycles. The number of nitrogens with two attached hydrogens (primary N) is 2. The molecule has 8 heteroatoms. The summed E-state index contributed by atoms with van der Waals surface area (Å²) in [4.78, 5) is 0. The van der Waals surface area contributed by atoms with Crippen molar-refractivity contribution < 1.29 is 42.9 Å². The molecule has 0 radical (unpaired) electrons. The minimum atomic E-state index is 0. The number of hydrazine groups is 2. The summed E-state index contributed by atoms with van der Waals surface area (Å²) < 4.78 is 2.64. The van der Waals surface area contributed by atoms with Gasteiger partial charge in [0.2, 0.25) is 0 Å². The lowest BCUT2D eigenvalue weighted by Gasteiger charge is -2.45. The van der Waals surface area contributed by atoms with E-state index in [2.05, 4.69) is 0 Å². The normalized spacial score (nSPS) is 29.4. The fourth-order valence-electron chi connectivity index (χ4n) is 4.09. The quantitative estimate of drug-likeness (QED) is 0.296. The average molecular weight is 430 g/mol. The van der Waals surface area contributed by atoms with Crippen LogP contribution in [0.3, 0.4) is 0 Å². The van der Waals surface area contributed by atoms with Crippen LogP contribution in [-0.2, 0) is 0 Å². The third-order valence-electron chi connectivity index (χ3n) is 5.76. The van der Waals surface area contributed by atoms with Crippen molar-refractivity contribution in [2.24, 2.45) is 11.7 Å². The Bertz CT molecular complexity index is 284. The van der Waals surface area contributed by atoms with E-state index in [9.17, 15) is 0 Å². The molecule has 3 heterocycles. The first kappa shape index (κ1) is 19.8. The fraction of sp³-hybridized carbons (Fsp3) is 1.00. The zero-order valence-corrected chi connectivity index (χ0v) is 16.1. The minimum absolute atomic E-state index is 0. The summed E-state index contributed by atoms with van der Waals surface area (Å²) in [6.45, 7) is 14.7. The van der Waals surface area contributed by atoms with Crippen molar-refractivity contribution in [1.82, 2.24) is 10.0 Å². The molecule has 0 atom stereocenters. The Balaban J connectivity index is 0.00000110. The maximum atomic E-state index is 5.92. The number of hydrogen-bond acceptors (Lipinski definition) is 4. The molecule has 3 saturated heterocycles. The van der Waals surface area contributed by atoms with E-state index in [1.807, 2.05) is 10.0 Å². The Kier molecular flexibility index (Phi) is 7.54. The van der Waals surface area contributed by atoms with Crippen LogP contribution in [-0.4, -0.2) is 97.5 Å². The van der Waals surface area contributed by atoms with Gasteiger partial charge in [0, 0.05) is 6.42 Å². The minimum Gasteiger partial charge on any atom is -1.00 e. The molecule has 2 spiro atoms. The van der Waals surface area contributed by atoms with Crippen molar-refractivity contribution in [3.05, 3.63) is 0 Å². The standard InChI is InChI=1S/C13H30N6.2BrH/c14-16-2-8-18(9-3-16)6-1-7-19(13-12-18)10-4-17(15)5-11-19;;/h1-15H2;2*1H/q+2;;/p-2. The van der Waals surface area contributed by atoms with Crippen molar-refractivity contribution in [2.45, 2.75) is 6.42 Å². The van der Waals surface area contributed by atoms with E-state index in [-0.39, 0.29) is 34.0 Å². The molecule has 0 amide bonds. The molecule has 0 aromatic heterocycles. The lowest BCUT2D eigenvalue weighted by Crippen LogP contribution is -3.00. The average Bonchev–Trinajstić information content (AvgIpc) is 2.59. The first-order chi connectivity index (χ1) is 9.12. The van der Waals surface area contributed by atoms with Gasteiger partial charge in [0.1, 0.15) is 13.1 Å². The Hall–Kier alpha value is 0.720. The molecule has 21 heavy (non-hydrogen) atoms. The van der Waals surface area contributed by atoms with E-state index in [1.54, 1.807) is 0 Å². The van der Waals surface area contributed by atoms with Crippen molar-refractivity contribution in [3.8, 4) is 0 Å². The maximum absolute atomic E-state index is 5.92. The molecule has 0 saturated carbocycles. The number of piperazine rings is 2. The third-order valence-corrected chi connectivity index (χ3v) is 5.76. The number of quaternary nitrogens is 2. The van der Waals surface area contributed by atoms with Gasteiger partial charge in [-0.25, -0.2) is 10.0 Å². The first-order valence-electron chi connectivity index (χ1n) is 7.81. The fourth-order valence-corrected chi connectivity index (χ4v) is 4.09. The van der Waals surface area contributed by atoms with Gasteiger partial charge in [0.05, 0.1) is 65.4 Å². The highest BCUT2D eigenvalue weighted by Gasteiger charge is 2.41. The smallest absolute Gasteiger partial charge is 0.129 e. The number of halogens is 2. The van der Waals surface area contributed by atoms with E-state index in [1.165, 1.54) is 67.7 Å². The van der Waals surface area contributed by atoms with Crippen molar-refractivity contribution in [2.75, 3.05) is 78.5 Å². The van der Waals surface area contributed by atoms with Gasteiger partial charge in [-0.05, 0) is 0 Å². The SMILES string of the molecule is NN1CC[N+]2(CCC[N+]3(CCN(N)CC3)CC2)CC1.[Br-].[Br-]. The van der Waals surface area contributed by atoms with Crippen LogP contribution in [0.2, 0.25) is 0 Å². The zero-order chi connectivity index (χ0) is 13.3. The van der Waals surface area contributed by atoms with E-state index in [0.29, 0.717) is 0 Å². The van der Waals surface area contributed by atoms with Crippen LogP contribution in [0.25, 0.3) is 0 Å². The van der Waals surface area contributed by atoms with Crippen LogP contribution < -0.4 is 45.6 Å². The van der Waals surface area contributed by atoms with E-state index in [0.717, 1.165) is 26.2 Å². The van der Waals surface area contributed by atoms with Crippen LogP contribution in [0, 0.1) is 0 Å². The molecule has 4 N–H and O–H groups in total. The topological polar surface area (TPSA) is 58.5 Å². The monoisotopic (exact) mass is 428 g/mol. The molecule has 0 aromatic rings. The van der Waals surface area contributed by atoms with Crippen LogP contribution in [0.4, 0.5) is 0 Å². The Morgan fingerprint density at radius 3 is 1.19 bits per heavy atom. The van der Waals surface area contributed by atoms with Gasteiger partial charge in [0.15, 0.2) is 0 Å². The lowest BCUT2D eigenvalue weighted by atomic mass is 10.2. The van der Waals surface area contributed by atoms with Crippen molar-refractivity contribution >= 4 is 0 Å². The van der Waals surface area contributed by atoms with Gasteiger partial charge in [-0.1, -0.05) is 0 Å².